The maximum atomic E-state index is 12.0. The van der Waals surface area contributed by atoms with E-state index in [0.717, 1.165) is 30.0 Å². The Bertz CT molecular complexity index is 419. The molecule has 3 N–H and O–H groups in total. The fraction of sp³-hybridized carbons (Fsp3) is 0.588. The van der Waals surface area contributed by atoms with E-state index in [2.05, 4.69) is 12.2 Å². The lowest BCUT2D eigenvalue weighted by Gasteiger charge is -2.29. The van der Waals surface area contributed by atoms with Gasteiger partial charge in [0.15, 0.2) is 0 Å². The van der Waals surface area contributed by atoms with Crippen molar-refractivity contribution in [2.45, 2.75) is 57.9 Å². The zero-order valence-electron chi connectivity index (χ0n) is 12.4. The third kappa shape index (κ3) is 4.55. The van der Waals surface area contributed by atoms with Crippen LogP contribution in [0.15, 0.2) is 24.3 Å². The highest BCUT2D eigenvalue weighted by atomic mass is 16.1. The highest BCUT2D eigenvalue weighted by molar-refractivity contribution is 5.79. The van der Waals surface area contributed by atoms with Gasteiger partial charge in [-0.1, -0.05) is 31.9 Å². The Balaban J connectivity index is 1.74. The minimum atomic E-state index is 0.133. The minimum absolute atomic E-state index is 0.133. The summed E-state index contributed by atoms with van der Waals surface area (Å²) in [5.74, 6) is 1.01. The standard InChI is InChI=1S/C17H26N2O/c1-2-3-13-6-10-16(11-7-13)19-17(20)12-14-4-8-15(18)9-5-14/h4-5,8-9,13,16H,2-3,6-7,10-12,18H2,1H3,(H,19,20). The highest BCUT2D eigenvalue weighted by Crippen LogP contribution is 2.27. The molecule has 1 aromatic rings. The first-order chi connectivity index (χ1) is 9.67. The minimum Gasteiger partial charge on any atom is -0.399 e. The zero-order chi connectivity index (χ0) is 14.4. The third-order valence-corrected chi connectivity index (χ3v) is 4.25. The van der Waals surface area contributed by atoms with Crippen molar-refractivity contribution < 1.29 is 4.79 Å². The van der Waals surface area contributed by atoms with Gasteiger partial charge in [0.2, 0.25) is 5.91 Å². The summed E-state index contributed by atoms with van der Waals surface area (Å²) in [6.07, 6.45) is 7.87. The molecule has 1 aliphatic rings. The van der Waals surface area contributed by atoms with Crippen LogP contribution in [0.4, 0.5) is 5.69 Å². The van der Waals surface area contributed by atoms with Gasteiger partial charge in [0, 0.05) is 11.7 Å². The molecule has 20 heavy (non-hydrogen) atoms. The number of hydrogen-bond acceptors (Lipinski definition) is 2. The van der Waals surface area contributed by atoms with Gasteiger partial charge in [-0.2, -0.15) is 0 Å². The quantitative estimate of drug-likeness (QED) is 0.810. The number of nitrogens with one attached hydrogen (secondary N) is 1. The summed E-state index contributed by atoms with van der Waals surface area (Å²) >= 11 is 0. The fourth-order valence-corrected chi connectivity index (χ4v) is 3.10. The number of carbonyl (C=O) groups excluding carboxylic acids is 1. The van der Waals surface area contributed by atoms with Crippen LogP contribution in [0.2, 0.25) is 0 Å². The average molecular weight is 274 g/mol. The first-order valence-corrected chi connectivity index (χ1v) is 7.81. The number of carbonyl (C=O) groups is 1. The predicted molar refractivity (Wildman–Crippen MR) is 83.4 cm³/mol. The van der Waals surface area contributed by atoms with Crippen LogP contribution in [-0.2, 0) is 11.2 Å². The molecule has 0 heterocycles. The molecule has 1 aromatic carbocycles. The maximum Gasteiger partial charge on any atom is 0.224 e. The highest BCUT2D eigenvalue weighted by Gasteiger charge is 2.21. The largest absolute Gasteiger partial charge is 0.399 e. The molecular weight excluding hydrogens is 248 g/mol. The molecule has 110 valence electrons. The first-order valence-electron chi connectivity index (χ1n) is 7.81. The Labute approximate surface area is 121 Å². The lowest BCUT2D eigenvalue weighted by molar-refractivity contribution is -0.121. The summed E-state index contributed by atoms with van der Waals surface area (Å²) in [4.78, 5) is 12.0. The molecular formula is C17H26N2O. The van der Waals surface area contributed by atoms with Crippen molar-refractivity contribution in [3.05, 3.63) is 29.8 Å². The van der Waals surface area contributed by atoms with E-state index in [0.29, 0.717) is 12.5 Å². The lowest BCUT2D eigenvalue weighted by Crippen LogP contribution is -2.38. The van der Waals surface area contributed by atoms with Crippen molar-refractivity contribution in [3.63, 3.8) is 0 Å². The monoisotopic (exact) mass is 274 g/mol. The Morgan fingerprint density at radius 3 is 2.45 bits per heavy atom. The first kappa shape index (κ1) is 14.9. The van der Waals surface area contributed by atoms with Crippen LogP contribution in [0.3, 0.4) is 0 Å². The number of amides is 1. The number of nitrogen functional groups attached to an aromatic ring is 1. The van der Waals surface area contributed by atoms with Gasteiger partial charge in [-0.15, -0.1) is 0 Å². The summed E-state index contributed by atoms with van der Waals surface area (Å²) < 4.78 is 0. The number of anilines is 1. The average Bonchev–Trinajstić information content (AvgIpc) is 2.44. The second-order valence-electron chi connectivity index (χ2n) is 5.99. The molecule has 0 aromatic heterocycles. The lowest BCUT2D eigenvalue weighted by atomic mass is 9.83. The van der Waals surface area contributed by atoms with Gasteiger partial charge in [0.05, 0.1) is 6.42 Å². The maximum absolute atomic E-state index is 12.0. The van der Waals surface area contributed by atoms with Crippen LogP contribution in [0.5, 0.6) is 0 Å². The second-order valence-corrected chi connectivity index (χ2v) is 5.99. The Kier molecular flexibility index (Phi) is 5.45. The number of rotatable bonds is 5. The summed E-state index contributed by atoms with van der Waals surface area (Å²) in [6.45, 7) is 2.25. The van der Waals surface area contributed by atoms with E-state index in [-0.39, 0.29) is 5.91 Å². The zero-order valence-corrected chi connectivity index (χ0v) is 12.4. The van der Waals surface area contributed by atoms with Crippen molar-refractivity contribution in [2.24, 2.45) is 5.92 Å². The predicted octanol–water partition coefficient (Wildman–Crippen LogP) is 3.29. The molecule has 1 amide bonds. The van der Waals surface area contributed by atoms with Crippen LogP contribution < -0.4 is 11.1 Å². The molecule has 3 heteroatoms. The molecule has 1 saturated carbocycles. The smallest absolute Gasteiger partial charge is 0.224 e. The molecule has 0 atom stereocenters. The van der Waals surface area contributed by atoms with E-state index in [4.69, 9.17) is 5.73 Å². The molecule has 1 fully saturated rings. The Hall–Kier alpha value is -1.51. The van der Waals surface area contributed by atoms with E-state index in [1.165, 1.54) is 25.7 Å². The Morgan fingerprint density at radius 2 is 1.85 bits per heavy atom. The number of hydrogen-bond donors (Lipinski definition) is 2. The van der Waals surface area contributed by atoms with E-state index < -0.39 is 0 Å². The molecule has 0 aliphatic heterocycles. The van der Waals surface area contributed by atoms with E-state index in [1.807, 2.05) is 24.3 Å². The van der Waals surface area contributed by atoms with Gasteiger partial charge >= 0.3 is 0 Å². The SMILES string of the molecule is CCCC1CCC(NC(=O)Cc2ccc(N)cc2)CC1. The van der Waals surface area contributed by atoms with Crippen molar-refractivity contribution in [2.75, 3.05) is 5.73 Å². The molecule has 0 radical (unpaired) electrons. The second kappa shape index (κ2) is 7.32. The van der Waals surface area contributed by atoms with Crippen LogP contribution in [0.1, 0.15) is 51.0 Å². The van der Waals surface area contributed by atoms with Crippen molar-refractivity contribution >= 4 is 11.6 Å². The molecule has 2 rings (SSSR count). The summed E-state index contributed by atoms with van der Waals surface area (Å²) in [5.41, 5.74) is 7.41. The molecule has 0 spiro atoms. The van der Waals surface area contributed by atoms with E-state index >= 15 is 0 Å². The van der Waals surface area contributed by atoms with Gasteiger partial charge in [-0.3, -0.25) is 4.79 Å². The van der Waals surface area contributed by atoms with Crippen LogP contribution in [-0.4, -0.2) is 11.9 Å². The van der Waals surface area contributed by atoms with Gasteiger partial charge in [0.25, 0.3) is 0 Å². The summed E-state index contributed by atoms with van der Waals surface area (Å²) in [6, 6.07) is 7.92. The molecule has 3 nitrogen and oxygen atoms in total. The van der Waals surface area contributed by atoms with E-state index in [9.17, 15) is 4.79 Å². The van der Waals surface area contributed by atoms with Gasteiger partial charge in [0.1, 0.15) is 0 Å². The van der Waals surface area contributed by atoms with Gasteiger partial charge in [-0.25, -0.2) is 0 Å². The van der Waals surface area contributed by atoms with Crippen LogP contribution >= 0.6 is 0 Å². The molecule has 0 unspecified atom stereocenters. The number of nitrogens with two attached hydrogens (primary N) is 1. The third-order valence-electron chi connectivity index (χ3n) is 4.25. The van der Waals surface area contributed by atoms with Crippen molar-refractivity contribution in [1.82, 2.24) is 5.32 Å². The van der Waals surface area contributed by atoms with Crippen LogP contribution in [0, 0.1) is 5.92 Å². The molecule has 1 aliphatic carbocycles. The van der Waals surface area contributed by atoms with Crippen molar-refractivity contribution in [1.29, 1.82) is 0 Å². The summed E-state index contributed by atoms with van der Waals surface area (Å²) in [7, 11) is 0. The number of benzene rings is 1. The normalized spacial score (nSPS) is 22.4. The topological polar surface area (TPSA) is 55.1 Å². The fourth-order valence-electron chi connectivity index (χ4n) is 3.10. The molecule has 0 saturated heterocycles. The summed E-state index contributed by atoms with van der Waals surface area (Å²) in [5, 5.41) is 3.17. The van der Waals surface area contributed by atoms with Crippen LogP contribution in [0.25, 0.3) is 0 Å². The van der Waals surface area contributed by atoms with Gasteiger partial charge < -0.3 is 11.1 Å². The van der Waals surface area contributed by atoms with Gasteiger partial charge in [-0.05, 0) is 49.3 Å². The Morgan fingerprint density at radius 1 is 1.20 bits per heavy atom. The van der Waals surface area contributed by atoms with Crippen molar-refractivity contribution in [3.8, 4) is 0 Å². The van der Waals surface area contributed by atoms with E-state index in [1.54, 1.807) is 0 Å². The molecule has 0 bridgehead atoms.